The van der Waals surface area contributed by atoms with E-state index >= 15 is 0 Å². The Hall–Kier alpha value is -0.580. The van der Waals surface area contributed by atoms with Gasteiger partial charge in [-0.05, 0) is 37.3 Å². The molecular weight excluding hydrogens is 294 g/mol. The number of hydrogen-bond donors (Lipinski definition) is 0. The standard InChI is InChI=1S/C15H20ClNO2S/c1-19-15(18)13-8-10-4-2-3-5-12(10)17(13)9-11-6-7-14(16)20-11/h6-7,10,12-13H,2-5,8-9H2,1H3. The lowest BCUT2D eigenvalue weighted by molar-refractivity contribution is -0.146. The first-order valence-electron chi connectivity index (χ1n) is 7.27. The molecule has 3 atom stereocenters. The Bertz CT molecular complexity index is 490. The van der Waals surface area contributed by atoms with Gasteiger partial charge in [0.1, 0.15) is 6.04 Å². The fourth-order valence-electron chi connectivity index (χ4n) is 3.76. The molecule has 0 N–H and O–H groups in total. The van der Waals surface area contributed by atoms with Crippen LogP contribution in [0.3, 0.4) is 0 Å². The lowest BCUT2D eigenvalue weighted by Gasteiger charge is -2.32. The first kappa shape index (κ1) is 14.4. The summed E-state index contributed by atoms with van der Waals surface area (Å²) >= 11 is 7.62. The Kier molecular flexibility index (Phi) is 4.34. The van der Waals surface area contributed by atoms with Crippen LogP contribution in [0.2, 0.25) is 4.34 Å². The maximum Gasteiger partial charge on any atom is 0.323 e. The van der Waals surface area contributed by atoms with Crippen molar-refractivity contribution < 1.29 is 9.53 Å². The number of rotatable bonds is 3. The summed E-state index contributed by atoms with van der Waals surface area (Å²) in [5.41, 5.74) is 0. The summed E-state index contributed by atoms with van der Waals surface area (Å²) in [4.78, 5) is 15.7. The lowest BCUT2D eigenvalue weighted by Crippen LogP contribution is -2.41. The summed E-state index contributed by atoms with van der Waals surface area (Å²) in [5, 5.41) is 0. The molecule has 1 aromatic heterocycles. The molecule has 0 aromatic carbocycles. The molecule has 5 heteroatoms. The van der Waals surface area contributed by atoms with E-state index in [2.05, 4.69) is 11.0 Å². The van der Waals surface area contributed by atoms with E-state index < -0.39 is 0 Å². The van der Waals surface area contributed by atoms with Gasteiger partial charge in [0.15, 0.2) is 0 Å². The second-order valence-electron chi connectivity index (χ2n) is 5.76. The molecule has 1 aliphatic carbocycles. The zero-order valence-corrected chi connectivity index (χ0v) is 13.3. The van der Waals surface area contributed by atoms with Gasteiger partial charge in [0, 0.05) is 17.5 Å². The van der Waals surface area contributed by atoms with Crippen LogP contribution < -0.4 is 0 Å². The van der Waals surface area contributed by atoms with Crippen LogP contribution in [-0.4, -0.2) is 30.1 Å². The quantitative estimate of drug-likeness (QED) is 0.797. The first-order valence-corrected chi connectivity index (χ1v) is 8.46. The molecule has 0 spiro atoms. The van der Waals surface area contributed by atoms with Gasteiger partial charge in [0.25, 0.3) is 0 Å². The van der Waals surface area contributed by atoms with Gasteiger partial charge < -0.3 is 4.74 Å². The maximum absolute atomic E-state index is 12.1. The Balaban J connectivity index is 1.80. The van der Waals surface area contributed by atoms with Crippen LogP contribution in [-0.2, 0) is 16.1 Å². The number of thiophene rings is 1. The third kappa shape index (κ3) is 2.74. The Morgan fingerprint density at radius 1 is 1.45 bits per heavy atom. The summed E-state index contributed by atoms with van der Waals surface area (Å²) in [6.07, 6.45) is 5.98. The number of fused-ring (bicyclic) bond motifs is 1. The maximum atomic E-state index is 12.1. The van der Waals surface area contributed by atoms with Gasteiger partial charge in [-0.3, -0.25) is 9.69 Å². The van der Waals surface area contributed by atoms with Gasteiger partial charge in [-0.2, -0.15) is 0 Å². The Labute approximate surface area is 128 Å². The topological polar surface area (TPSA) is 29.5 Å². The van der Waals surface area contributed by atoms with Crippen LogP contribution in [0, 0.1) is 5.92 Å². The molecule has 0 amide bonds. The van der Waals surface area contributed by atoms with Crippen molar-refractivity contribution in [3.8, 4) is 0 Å². The highest BCUT2D eigenvalue weighted by atomic mass is 35.5. The van der Waals surface area contributed by atoms with Crippen LogP contribution in [0.5, 0.6) is 0 Å². The van der Waals surface area contributed by atoms with E-state index in [1.165, 1.54) is 37.7 Å². The monoisotopic (exact) mass is 313 g/mol. The molecule has 0 bridgehead atoms. The number of methoxy groups -OCH3 is 1. The van der Waals surface area contributed by atoms with E-state index in [0.717, 1.165) is 17.3 Å². The number of carbonyl (C=O) groups excluding carboxylic acids is 1. The van der Waals surface area contributed by atoms with Crippen molar-refractivity contribution in [1.29, 1.82) is 0 Å². The van der Waals surface area contributed by atoms with E-state index in [0.29, 0.717) is 12.0 Å². The minimum atomic E-state index is -0.0814. The highest BCUT2D eigenvalue weighted by Crippen LogP contribution is 2.41. The molecule has 2 aliphatic rings. The van der Waals surface area contributed by atoms with Crippen LogP contribution >= 0.6 is 22.9 Å². The number of likely N-dealkylation sites (tertiary alicyclic amines) is 1. The van der Waals surface area contributed by atoms with E-state index in [1.807, 2.05) is 6.07 Å². The van der Waals surface area contributed by atoms with Gasteiger partial charge in [0.05, 0.1) is 11.4 Å². The first-order chi connectivity index (χ1) is 9.69. The third-order valence-electron chi connectivity index (χ3n) is 4.66. The van der Waals surface area contributed by atoms with Gasteiger partial charge in [0.2, 0.25) is 0 Å². The van der Waals surface area contributed by atoms with Crippen molar-refractivity contribution in [3.63, 3.8) is 0 Å². The molecule has 2 heterocycles. The van der Waals surface area contributed by atoms with E-state index in [9.17, 15) is 4.79 Å². The number of ether oxygens (including phenoxy) is 1. The van der Waals surface area contributed by atoms with Crippen LogP contribution in [0.1, 0.15) is 37.0 Å². The molecule has 1 saturated heterocycles. The lowest BCUT2D eigenvalue weighted by atomic mass is 9.85. The third-order valence-corrected chi connectivity index (χ3v) is 5.88. The smallest absolute Gasteiger partial charge is 0.323 e. The van der Waals surface area contributed by atoms with Gasteiger partial charge in [-0.25, -0.2) is 0 Å². The summed E-state index contributed by atoms with van der Waals surface area (Å²) < 4.78 is 5.82. The Morgan fingerprint density at radius 2 is 2.25 bits per heavy atom. The van der Waals surface area contributed by atoms with Crippen LogP contribution in [0.4, 0.5) is 0 Å². The Morgan fingerprint density at radius 3 is 2.95 bits per heavy atom. The summed E-state index contributed by atoms with van der Waals surface area (Å²) in [7, 11) is 1.49. The van der Waals surface area contributed by atoms with Gasteiger partial charge in [-0.15, -0.1) is 11.3 Å². The molecule has 0 radical (unpaired) electrons. The zero-order valence-electron chi connectivity index (χ0n) is 11.7. The predicted octanol–water partition coefficient (Wildman–Crippen LogP) is 3.71. The number of nitrogens with zero attached hydrogens (tertiary/aromatic N) is 1. The minimum Gasteiger partial charge on any atom is -0.468 e. The molecule has 3 rings (SSSR count). The minimum absolute atomic E-state index is 0.0750. The summed E-state index contributed by atoms with van der Waals surface area (Å²) in [5.74, 6) is 0.574. The molecule has 20 heavy (non-hydrogen) atoms. The van der Waals surface area contributed by atoms with Crippen molar-refractivity contribution >= 4 is 28.9 Å². The largest absolute Gasteiger partial charge is 0.468 e. The SMILES string of the molecule is COC(=O)C1CC2CCCCC2N1Cc1ccc(Cl)s1. The molecule has 1 aliphatic heterocycles. The molecule has 110 valence electrons. The van der Waals surface area contributed by atoms with E-state index in [-0.39, 0.29) is 12.0 Å². The van der Waals surface area contributed by atoms with Gasteiger partial charge in [-0.1, -0.05) is 24.4 Å². The van der Waals surface area contributed by atoms with Crippen LogP contribution in [0.15, 0.2) is 12.1 Å². The molecule has 1 aromatic rings. The predicted molar refractivity (Wildman–Crippen MR) is 81.0 cm³/mol. The summed E-state index contributed by atoms with van der Waals surface area (Å²) in [6, 6.07) is 4.46. The number of carbonyl (C=O) groups is 1. The number of halogens is 1. The van der Waals surface area contributed by atoms with Crippen molar-refractivity contribution in [2.45, 2.75) is 50.7 Å². The summed E-state index contributed by atoms with van der Waals surface area (Å²) in [6.45, 7) is 0.818. The molecule has 1 saturated carbocycles. The molecule has 2 fully saturated rings. The van der Waals surface area contributed by atoms with E-state index in [1.54, 1.807) is 11.3 Å². The highest BCUT2D eigenvalue weighted by Gasteiger charge is 2.45. The van der Waals surface area contributed by atoms with Crippen molar-refractivity contribution in [1.82, 2.24) is 4.90 Å². The molecule has 3 nitrogen and oxygen atoms in total. The van der Waals surface area contributed by atoms with Crippen molar-refractivity contribution in [2.75, 3.05) is 7.11 Å². The fourth-order valence-corrected chi connectivity index (χ4v) is 4.86. The number of esters is 1. The van der Waals surface area contributed by atoms with Crippen LogP contribution in [0.25, 0.3) is 0 Å². The highest BCUT2D eigenvalue weighted by molar-refractivity contribution is 7.16. The van der Waals surface area contributed by atoms with Crippen molar-refractivity contribution in [3.05, 3.63) is 21.3 Å². The second kappa shape index (κ2) is 6.04. The number of hydrogen-bond acceptors (Lipinski definition) is 4. The molecular formula is C15H20ClNO2S. The second-order valence-corrected chi connectivity index (χ2v) is 7.56. The average molecular weight is 314 g/mol. The normalized spacial score (nSPS) is 30.2. The fraction of sp³-hybridized carbons (Fsp3) is 0.667. The average Bonchev–Trinajstić information content (AvgIpc) is 3.03. The van der Waals surface area contributed by atoms with Gasteiger partial charge >= 0.3 is 5.97 Å². The zero-order chi connectivity index (χ0) is 14.1. The molecule has 3 unspecified atom stereocenters. The van der Waals surface area contributed by atoms with E-state index in [4.69, 9.17) is 16.3 Å². The van der Waals surface area contributed by atoms with Crippen molar-refractivity contribution in [2.24, 2.45) is 5.92 Å².